The predicted molar refractivity (Wildman–Crippen MR) is 139 cm³/mol. The summed E-state index contributed by atoms with van der Waals surface area (Å²) in [6, 6.07) is 38.0. The largest absolute Gasteiger partial charge is 0.456 e. The smallest absolute Gasteiger partial charge is 0.135 e. The summed E-state index contributed by atoms with van der Waals surface area (Å²) >= 11 is 6.29. The molecule has 2 aromatic heterocycles. The molecule has 0 radical (unpaired) electrons. The van der Waals surface area contributed by atoms with Crippen molar-refractivity contribution < 1.29 is 4.42 Å². The molecular weight excluding hydrogens is 426 g/mol. The normalized spacial score (nSPS) is 11.8. The van der Waals surface area contributed by atoms with Crippen molar-refractivity contribution in [1.29, 1.82) is 0 Å². The number of aromatic nitrogens is 1. The maximum absolute atomic E-state index is 6.29. The van der Waals surface area contributed by atoms with Gasteiger partial charge in [0.05, 0.1) is 16.7 Å². The van der Waals surface area contributed by atoms with Crippen molar-refractivity contribution in [3.8, 4) is 16.8 Å². The van der Waals surface area contributed by atoms with Gasteiger partial charge in [-0.25, -0.2) is 0 Å². The first kappa shape index (κ1) is 18.6. The van der Waals surface area contributed by atoms with Gasteiger partial charge < -0.3 is 8.98 Å². The summed E-state index contributed by atoms with van der Waals surface area (Å²) in [6.07, 6.45) is 0. The summed E-state index contributed by atoms with van der Waals surface area (Å²) < 4.78 is 8.42. The highest BCUT2D eigenvalue weighted by Gasteiger charge is 2.16. The van der Waals surface area contributed by atoms with Crippen molar-refractivity contribution in [3.63, 3.8) is 0 Å². The molecule has 0 N–H and O–H groups in total. The van der Waals surface area contributed by atoms with Crippen LogP contribution in [-0.4, -0.2) is 4.57 Å². The Balaban J connectivity index is 1.54. The number of rotatable bonds is 2. The van der Waals surface area contributed by atoms with Gasteiger partial charge in [0.15, 0.2) is 0 Å². The van der Waals surface area contributed by atoms with E-state index < -0.39 is 0 Å². The van der Waals surface area contributed by atoms with Gasteiger partial charge in [0, 0.05) is 32.1 Å². The summed E-state index contributed by atoms with van der Waals surface area (Å²) in [6.45, 7) is 0. The third kappa shape index (κ3) is 2.75. The summed E-state index contributed by atoms with van der Waals surface area (Å²) in [5.41, 5.74) is 7.58. The van der Waals surface area contributed by atoms with E-state index in [0.29, 0.717) is 5.02 Å². The summed E-state index contributed by atoms with van der Waals surface area (Å²) in [7, 11) is 0. The van der Waals surface area contributed by atoms with Crippen molar-refractivity contribution in [2.24, 2.45) is 0 Å². The Labute approximate surface area is 195 Å². The first-order valence-corrected chi connectivity index (χ1v) is 11.4. The second-order valence-electron chi connectivity index (χ2n) is 8.34. The van der Waals surface area contributed by atoms with E-state index in [0.717, 1.165) is 33.2 Å². The second kappa shape index (κ2) is 6.99. The lowest BCUT2D eigenvalue weighted by molar-refractivity contribution is 0.669. The van der Waals surface area contributed by atoms with E-state index in [4.69, 9.17) is 16.0 Å². The molecular formula is C30H18ClNO. The number of hydrogen-bond acceptors (Lipinski definition) is 1. The monoisotopic (exact) mass is 443 g/mol. The number of hydrogen-bond donors (Lipinski definition) is 0. The highest BCUT2D eigenvalue weighted by molar-refractivity contribution is 6.31. The van der Waals surface area contributed by atoms with Crippen LogP contribution in [0.15, 0.2) is 114 Å². The molecule has 0 spiro atoms. The summed E-state index contributed by atoms with van der Waals surface area (Å²) in [5, 5.41) is 5.33. The molecule has 0 unspecified atom stereocenters. The van der Waals surface area contributed by atoms with Gasteiger partial charge in [-0.15, -0.1) is 0 Å². The number of furan rings is 1. The van der Waals surface area contributed by atoms with Gasteiger partial charge in [0.25, 0.3) is 0 Å². The topological polar surface area (TPSA) is 18.1 Å². The van der Waals surface area contributed by atoms with Crippen LogP contribution in [0.25, 0.3) is 60.6 Å². The van der Waals surface area contributed by atoms with Crippen LogP contribution in [-0.2, 0) is 0 Å². The maximum atomic E-state index is 6.29. The molecule has 33 heavy (non-hydrogen) atoms. The van der Waals surface area contributed by atoms with E-state index in [1.165, 1.54) is 27.4 Å². The molecule has 156 valence electrons. The molecule has 7 rings (SSSR count). The lowest BCUT2D eigenvalue weighted by Crippen LogP contribution is -1.96. The zero-order valence-electron chi connectivity index (χ0n) is 17.6. The standard InChI is InChI=1S/C30H18ClNO/c31-20-14-16-30-25(18-20)24-17-19(13-15-29(24)33-30)21-7-1-4-10-26(21)32-27-11-5-2-8-22(27)23-9-3-6-12-28(23)32/h1-18H. The van der Waals surface area contributed by atoms with Crippen LogP contribution in [0.3, 0.4) is 0 Å². The minimum absolute atomic E-state index is 0.710. The number of halogens is 1. The van der Waals surface area contributed by atoms with Crippen molar-refractivity contribution in [1.82, 2.24) is 4.57 Å². The van der Waals surface area contributed by atoms with Crippen molar-refractivity contribution in [2.75, 3.05) is 0 Å². The predicted octanol–water partition coefficient (Wildman–Crippen LogP) is 9.00. The second-order valence-corrected chi connectivity index (χ2v) is 8.78. The highest BCUT2D eigenvalue weighted by Crippen LogP contribution is 2.38. The fourth-order valence-corrected chi connectivity index (χ4v) is 5.18. The molecule has 0 amide bonds. The van der Waals surface area contributed by atoms with E-state index in [1.807, 2.05) is 18.2 Å². The van der Waals surface area contributed by atoms with E-state index in [-0.39, 0.29) is 0 Å². The Morgan fingerprint density at radius 2 is 1.15 bits per heavy atom. The minimum atomic E-state index is 0.710. The molecule has 0 bridgehead atoms. The molecule has 0 aliphatic carbocycles. The number of nitrogens with zero attached hydrogens (tertiary/aromatic N) is 1. The molecule has 3 heteroatoms. The maximum Gasteiger partial charge on any atom is 0.135 e. The van der Waals surface area contributed by atoms with Crippen LogP contribution in [0, 0.1) is 0 Å². The third-order valence-electron chi connectivity index (χ3n) is 6.47. The van der Waals surface area contributed by atoms with Gasteiger partial charge in [-0.05, 0) is 54.1 Å². The van der Waals surface area contributed by atoms with E-state index in [2.05, 4.69) is 95.6 Å². The van der Waals surface area contributed by atoms with Crippen LogP contribution in [0.2, 0.25) is 5.02 Å². The summed E-state index contributed by atoms with van der Waals surface area (Å²) in [4.78, 5) is 0. The molecule has 0 aliphatic rings. The van der Waals surface area contributed by atoms with Crippen molar-refractivity contribution in [2.45, 2.75) is 0 Å². The molecule has 0 fully saturated rings. The lowest BCUT2D eigenvalue weighted by Gasteiger charge is -2.14. The fourth-order valence-electron chi connectivity index (χ4n) is 5.01. The van der Waals surface area contributed by atoms with E-state index in [1.54, 1.807) is 0 Å². The quantitative estimate of drug-likeness (QED) is 0.260. The van der Waals surface area contributed by atoms with Gasteiger partial charge in [-0.2, -0.15) is 0 Å². The van der Waals surface area contributed by atoms with Crippen LogP contribution >= 0.6 is 11.6 Å². The number of fused-ring (bicyclic) bond motifs is 6. The molecule has 0 aliphatic heterocycles. The average molecular weight is 444 g/mol. The molecule has 2 nitrogen and oxygen atoms in total. The Bertz CT molecular complexity index is 1790. The Morgan fingerprint density at radius 3 is 1.91 bits per heavy atom. The zero-order chi connectivity index (χ0) is 21.9. The minimum Gasteiger partial charge on any atom is -0.456 e. The van der Waals surface area contributed by atoms with Crippen molar-refractivity contribution >= 4 is 55.3 Å². The Morgan fingerprint density at radius 1 is 0.545 bits per heavy atom. The molecule has 0 atom stereocenters. The first-order chi connectivity index (χ1) is 16.3. The zero-order valence-corrected chi connectivity index (χ0v) is 18.4. The van der Waals surface area contributed by atoms with Gasteiger partial charge in [0.1, 0.15) is 11.2 Å². The Kier molecular flexibility index (Phi) is 3.93. The third-order valence-corrected chi connectivity index (χ3v) is 6.70. The van der Waals surface area contributed by atoms with Crippen LogP contribution in [0.1, 0.15) is 0 Å². The first-order valence-electron chi connectivity index (χ1n) is 11.0. The van der Waals surface area contributed by atoms with E-state index >= 15 is 0 Å². The molecule has 2 heterocycles. The molecule has 5 aromatic carbocycles. The van der Waals surface area contributed by atoms with Crippen LogP contribution in [0.5, 0.6) is 0 Å². The SMILES string of the molecule is Clc1ccc2oc3ccc(-c4ccccc4-n4c5ccccc5c5ccccc54)cc3c2c1. The average Bonchev–Trinajstić information content (AvgIpc) is 3.39. The molecule has 0 saturated carbocycles. The Hall–Kier alpha value is -4.01. The van der Waals surface area contributed by atoms with E-state index in [9.17, 15) is 0 Å². The van der Waals surface area contributed by atoms with Gasteiger partial charge in [0.2, 0.25) is 0 Å². The van der Waals surface area contributed by atoms with Gasteiger partial charge in [-0.1, -0.05) is 72.3 Å². The van der Waals surface area contributed by atoms with Gasteiger partial charge >= 0.3 is 0 Å². The summed E-state index contributed by atoms with van der Waals surface area (Å²) in [5.74, 6) is 0. The molecule has 0 saturated heterocycles. The van der Waals surface area contributed by atoms with Crippen LogP contribution < -0.4 is 0 Å². The number of para-hydroxylation sites is 3. The van der Waals surface area contributed by atoms with Crippen molar-refractivity contribution in [3.05, 3.63) is 114 Å². The highest BCUT2D eigenvalue weighted by atomic mass is 35.5. The number of benzene rings is 5. The molecule has 7 aromatic rings. The van der Waals surface area contributed by atoms with Crippen LogP contribution in [0.4, 0.5) is 0 Å². The fraction of sp³-hybridized carbons (Fsp3) is 0. The van der Waals surface area contributed by atoms with Gasteiger partial charge in [-0.3, -0.25) is 0 Å². The lowest BCUT2D eigenvalue weighted by atomic mass is 10.0.